The van der Waals surface area contributed by atoms with Crippen molar-refractivity contribution in [2.45, 2.75) is 25.4 Å². The lowest BCUT2D eigenvalue weighted by Gasteiger charge is -2.38. The van der Waals surface area contributed by atoms with E-state index in [9.17, 15) is 9.90 Å². The Hall–Kier alpha value is -2.13. The number of benzene rings is 2. The van der Waals surface area contributed by atoms with Crippen LogP contribution in [0.4, 0.5) is 5.69 Å². The van der Waals surface area contributed by atoms with Crippen LogP contribution in [0.25, 0.3) is 0 Å². The molecular formula is C18H20NO2+. The van der Waals surface area contributed by atoms with Gasteiger partial charge < -0.3 is 5.11 Å². The number of nitrogens with zero attached hydrogens (tertiary/aromatic N) is 1. The van der Waals surface area contributed by atoms with E-state index in [2.05, 4.69) is 24.3 Å². The van der Waals surface area contributed by atoms with Crippen LogP contribution >= 0.6 is 0 Å². The van der Waals surface area contributed by atoms with Gasteiger partial charge in [-0.25, -0.2) is 4.79 Å². The SMILES string of the molecule is O=C(O)C1CCC[N@+]1(Cc1ccccc1)c1ccccc1. The van der Waals surface area contributed by atoms with Crippen LogP contribution < -0.4 is 4.48 Å². The molecular weight excluding hydrogens is 262 g/mol. The molecule has 21 heavy (non-hydrogen) atoms. The van der Waals surface area contributed by atoms with Gasteiger partial charge in [0.2, 0.25) is 0 Å². The fourth-order valence-corrected chi connectivity index (χ4v) is 3.53. The molecule has 2 aromatic carbocycles. The molecule has 2 aromatic rings. The molecule has 3 rings (SSSR count). The van der Waals surface area contributed by atoms with E-state index >= 15 is 0 Å². The van der Waals surface area contributed by atoms with Gasteiger partial charge in [0.05, 0.1) is 6.54 Å². The van der Waals surface area contributed by atoms with Crippen molar-refractivity contribution in [2.24, 2.45) is 0 Å². The van der Waals surface area contributed by atoms with Gasteiger partial charge in [-0.2, -0.15) is 0 Å². The zero-order valence-corrected chi connectivity index (χ0v) is 12.0. The first-order chi connectivity index (χ1) is 10.2. The zero-order valence-electron chi connectivity index (χ0n) is 12.0. The summed E-state index contributed by atoms with van der Waals surface area (Å²) >= 11 is 0. The van der Waals surface area contributed by atoms with Crippen molar-refractivity contribution in [3.8, 4) is 0 Å². The number of quaternary nitrogens is 1. The Morgan fingerprint density at radius 3 is 2.29 bits per heavy atom. The fraction of sp³-hybridized carbons (Fsp3) is 0.278. The second-order valence-electron chi connectivity index (χ2n) is 5.73. The van der Waals surface area contributed by atoms with Gasteiger partial charge in [-0.1, -0.05) is 48.5 Å². The number of hydrogen-bond acceptors (Lipinski definition) is 1. The molecule has 1 saturated heterocycles. The van der Waals surface area contributed by atoms with E-state index in [4.69, 9.17) is 0 Å². The molecule has 1 fully saturated rings. The molecule has 1 aliphatic heterocycles. The number of carbonyl (C=O) groups is 1. The Bertz CT molecular complexity index is 612. The van der Waals surface area contributed by atoms with Crippen LogP contribution in [-0.2, 0) is 11.3 Å². The standard InChI is InChI=1S/C18H19NO2/c20-18(21)17-12-7-13-19(17,16-10-5-2-6-11-16)14-15-8-3-1-4-9-15/h1-6,8-11,17H,7,12-14H2/p+1/t17?,19-/m0/s1. The summed E-state index contributed by atoms with van der Waals surface area (Å²) in [4.78, 5) is 11.8. The summed E-state index contributed by atoms with van der Waals surface area (Å²) in [7, 11) is 0. The monoisotopic (exact) mass is 282 g/mol. The average Bonchev–Trinajstić information content (AvgIpc) is 2.94. The molecule has 0 aromatic heterocycles. The molecule has 1 unspecified atom stereocenters. The lowest BCUT2D eigenvalue weighted by molar-refractivity contribution is -0.142. The highest BCUT2D eigenvalue weighted by molar-refractivity contribution is 5.77. The number of para-hydroxylation sites is 1. The molecule has 1 heterocycles. The number of rotatable bonds is 4. The Morgan fingerprint density at radius 1 is 1.05 bits per heavy atom. The highest BCUT2D eigenvalue weighted by Crippen LogP contribution is 2.36. The Morgan fingerprint density at radius 2 is 1.67 bits per heavy atom. The van der Waals surface area contributed by atoms with E-state index in [1.165, 1.54) is 5.56 Å². The maximum atomic E-state index is 11.8. The van der Waals surface area contributed by atoms with Crippen molar-refractivity contribution in [1.29, 1.82) is 0 Å². The summed E-state index contributed by atoms with van der Waals surface area (Å²) in [6.45, 7) is 1.62. The van der Waals surface area contributed by atoms with Crippen LogP contribution in [0.3, 0.4) is 0 Å². The van der Waals surface area contributed by atoms with Gasteiger partial charge >= 0.3 is 5.97 Å². The Balaban J connectivity index is 2.05. The van der Waals surface area contributed by atoms with E-state index in [1.54, 1.807) is 0 Å². The minimum Gasteiger partial charge on any atom is -0.477 e. The number of likely N-dealkylation sites (tertiary alicyclic amines) is 1. The number of hydrogen-bond donors (Lipinski definition) is 1. The van der Waals surface area contributed by atoms with Gasteiger partial charge in [0, 0.05) is 18.4 Å². The molecule has 3 nitrogen and oxygen atoms in total. The third-order valence-corrected chi connectivity index (χ3v) is 4.49. The van der Waals surface area contributed by atoms with Gasteiger partial charge in [0.1, 0.15) is 12.2 Å². The third kappa shape index (κ3) is 2.57. The molecule has 3 heteroatoms. The van der Waals surface area contributed by atoms with E-state index in [1.807, 2.05) is 36.4 Å². The molecule has 1 N–H and O–H groups in total. The maximum absolute atomic E-state index is 11.8. The molecule has 0 aliphatic carbocycles. The van der Waals surface area contributed by atoms with Crippen LogP contribution in [0.1, 0.15) is 18.4 Å². The van der Waals surface area contributed by atoms with Crippen LogP contribution in [0.5, 0.6) is 0 Å². The van der Waals surface area contributed by atoms with Crippen LogP contribution in [0, 0.1) is 0 Å². The lowest BCUT2D eigenvalue weighted by atomic mass is 10.1. The van der Waals surface area contributed by atoms with Crippen molar-refractivity contribution in [2.75, 3.05) is 6.54 Å². The van der Waals surface area contributed by atoms with Gasteiger partial charge in [-0.05, 0) is 12.1 Å². The molecule has 0 bridgehead atoms. The van der Waals surface area contributed by atoms with Gasteiger partial charge in [-0.3, -0.25) is 4.48 Å². The molecule has 108 valence electrons. The third-order valence-electron chi connectivity index (χ3n) is 4.49. The summed E-state index contributed by atoms with van der Waals surface area (Å²) in [5, 5.41) is 9.67. The highest BCUT2D eigenvalue weighted by Gasteiger charge is 2.48. The van der Waals surface area contributed by atoms with Crippen molar-refractivity contribution in [1.82, 2.24) is 4.48 Å². The molecule has 0 saturated carbocycles. The second-order valence-corrected chi connectivity index (χ2v) is 5.73. The van der Waals surface area contributed by atoms with Crippen molar-refractivity contribution < 1.29 is 9.90 Å². The van der Waals surface area contributed by atoms with Gasteiger partial charge in [0.15, 0.2) is 6.04 Å². The van der Waals surface area contributed by atoms with E-state index < -0.39 is 5.97 Å². The first-order valence-corrected chi connectivity index (χ1v) is 7.41. The van der Waals surface area contributed by atoms with Gasteiger partial charge in [0.25, 0.3) is 0 Å². The molecule has 0 spiro atoms. The molecule has 2 atom stereocenters. The Labute approximate surface area is 125 Å². The van der Waals surface area contributed by atoms with Crippen LogP contribution in [0.2, 0.25) is 0 Å². The van der Waals surface area contributed by atoms with Crippen molar-refractivity contribution in [3.63, 3.8) is 0 Å². The van der Waals surface area contributed by atoms with Gasteiger partial charge in [-0.15, -0.1) is 0 Å². The predicted octanol–water partition coefficient (Wildman–Crippen LogP) is 3.44. The first-order valence-electron chi connectivity index (χ1n) is 7.41. The summed E-state index contributed by atoms with van der Waals surface area (Å²) in [6.07, 6.45) is 1.70. The largest absolute Gasteiger partial charge is 0.477 e. The summed E-state index contributed by atoms with van der Waals surface area (Å²) in [6, 6.07) is 19.9. The Kier molecular flexibility index (Phi) is 3.76. The van der Waals surface area contributed by atoms with Crippen molar-refractivity contribution >= 4 is 11.7 Å². The molecule has 0 radical (unpaired) electrons. The quantitative estimate of drug-likeness (QED) is 0.872. The minimum atomic E-state index is -0.688. The van der Waals surface area contributed by atoms with Crippen LogP contribution in [-0.4, -0.2) is 23.7 Å². The van der Waals surface area contributed by atoms with Crippen molar-refractivity contribution in [3.05, 3.63) is 66.2 Å². The summed E-state index contributed by atoms with van der Waals surface area (Å²) in [5.41, 5.74) is 2.29. The first kappa shape index (κ1) is 13.8. The zero-order chi connectivity index (χ0) is 14.7. The molecule has 1 aliphatic rings. The highest BCUT2D eigenvalue weighted by atomic mass is 16.4. The number of carboxylic acids is 1. The second kappa shape index (κ2) is 5.70. The average molecular weight is 282 g/mol. The minimum absolute atomic E-state index is 0.354. The topological polar surface area (TPSA) is 37.3 Å². The summed E-state index contributed by atoms with van der Waals surface area (Å²) in [5.74, 6) is -0.688. The lowest BCUT2D eigenvalue weighted by Crippen LogP contribution is -2.55. The predicted molar refractivity (Wildman–Crippen MR) is 83.9 cm³/mol. The van der Waals surface area contributed by atoms with E-state index in [0.29, 0.717) is 4.48 Å². The summed E-state index contributed by atoms with van der Waals surface area (Å²) < 4.78 is 0.528. The normalized spacial score (nSPS) is 24.9. The van der Waals surface area contributed by atoms with Crippen LogP contribution in [0.15, 0.2) is 60.7 Å². The smallest absolute Gasteiger partial charge is 0.362 e. The van der Waals surface area contributed by atoms with E-state index in [0.717, 1.165) is 31.6 Å². The maximum Gasteiger partial charge on any atom is 0.362 e. The molecule has 0 amide bonds. The number of aliphatic carboxylic acids is 1. The fourth-order valence-electron chi connectivity index (χ4n) is 3.53. The van der Waals surface area contributed by atoms with E-state index in [-0.39, 0.29) is 6.04 Å². The number of carboxylic acid groups (broad SMARTS) is 1.